The van der Waals surface area contributed by atoms with Crippen molar-refractivity contribution >= 4 is 35.0 Å². The first kappa shape index (κ1) is 21.8. The third kappa shape index (κ3) is 6.26. The highest BCUT2D eigenvalue weighted by molar-refractivity contribution is 6.43. The van der Waals surface area contributed by atoms with Crippen molar-refractivity contribution in [2.24, 2.45) is 0 Å². The molecule has 0 bridgehead atoms. The molecule has 1 atom stereocenters. The minimum Gasteiger partial charge on any atom is -0.340 e. The van der Waals surface area contributed by atoms with Crippen LogP contribution in [0.2, 0.25) is 10.0 Å². The molecule has 5 nitrogen and oxygen atoms in total. The summed E-state index contributed by atoms with van der Waals surface area (Å²) in [6.07, 6.45) is -3.83. The molecule has 1 aliphatic rings. The molecule has 2 rings (SSSR count). The van der Waals surface area contributed by atoms with Crippen molar-refractivity contribution in [3.63, 3.8) is 0 Å². The van der Waals surface area contributed by atoms with E-state index in [2.05, 4.69) is 5.32 Å². The fourth-order valence-electron chi connectivity index (χ4n) is 2.89. The second-order valence-corrected chi connectivity index (χ2v) is 7.15. The molecule has 0 aromatic heterocycles. The Labute approximate surface area is 165 Å². The monoisotopic (exact) mass is 425 g/mol. The highest BCUT2D eigenvalue weighted by Gasteiger charge is 2.32. The molecule has 0 saturated carbocycles. The number of benzene rings is 1. The minimum atomic E-state index is -4.27. The topological polar surface area (TPSA) is 52.7 Å². The van der Waals surface area contributed by atoms with E-state index in [4.69, 9.17) is 23.2 Å². The number of rotatable bonds is 4. The zero-order chi connectivity index (χ0) is 20.2. The van der Waals surface area contributed by atoms with E-state index in [1.165, 1.54) is 22.8 Å². The van der Waals surface area contributed by atoms with Crippen LogP contribution in [0.5, 0.6) is 0 Å². The summed E-state index contributed by atoms with van der Waals surface area (Å²) < 4.78 is 37.6. The number of halogens is 5. The van der Waals surface area contributed by atoms with Crippen LogP contribution in [0.1, 0.15) is 23.7 Å². The van der Waals surface area contributed by atoms with Crippen LogP contribution >= 0.6 is 23.2 Å². The zero-order valence-corrected chi connectivity index (χ0v) is 16.2. The lowest BCUT2D eigenvalue weighted by Gasteiger charge is -2.25. The van der Waals surface area contributed by atoms with Crippen molar-refractivity contribution in [1.29, 1.82) is 0 Å². The average Bonchev–Trinajstić information content (AvgIpc) is 2.80. The third-order valence-corrected chi connectivity index (χ3v) is 5.04. The van der Waals surface area contributed by atoms with Gasteiger partial charge in [-0.25, -0.2) is 0 Å². The smallest absolute Gasteiger partial charge is 0.340 e. The van der Waals surface area contributed by atoms with Crippen LogP contribution in [0, 0.1) is 0 Å². The standard InChI is InChI=1S/C17H20Cl2F3N3O2/c1-11(23-15(26)12-4-2-5-13(18)14(12)19)16(27)25-7-3-6-24(8-9-25)10-17(20,21)22/h2,4-5,11H,3,6-10H2,1H3,(H,23,26). The summed E-state index contributed by atoms with van der Waals surface area (Å²) in [5.41, 5.74) is 0.149. The molecule has 1 heterocycles. The number of carbonyl (C=O) groups excluding carboxylic acids is 2. The summed E-state index contributed by atoms with van der Waals surface area (Å²) in [6, 6.07) is 3.75. The quantitative estimate of drug-likeness (QED) is 0.805. The van der Waals surface area contributed by atoms with Crippen molar-refractivity contribution < 1.29 is 22.8 Å². The van der Waals surface area contributed by atoms with Crippen LogP contribution in [0.15, 0.2) is 18.2 Å². The first-order chi connectivity index (χ1) is 12.6. The molecule has 0 aliphatic carbocycles. The van der Waals surface area contributed by atoms with E-state index >= 15 is 0 Å². The molecule has 1 aromatic carbocycles. The second kappa shape index (κ2) is 9.12. The molecule has 1 N–H and O–H groups in total. The predicted molar refractivity (Wildman–Crippen MR) is 97.1 cm³/mol. The first-order valence-corrected chi connectivity index (χ1v) is 9.17. The fraction of sp³-hybridized carbons (Fsp3) is 0.529. The number of amides is 2. The van der Waals surface area contributed by atoms with Gasteiger partial charge in [-0.15, -0.1) is 0 Å². The van der Waals surface area contributed by atoms with Gasteiger partial charge in [0.05, 0.1) is 22.2 Å². The average molecular weight is 426 g/mol. The number of nitrogens with zero attached hydrogens (tertiary/aromatic N) is 2. The lowest BCUT2D eigenvalue weighted by molar-refractivity contribution is -0.145. The van der Waals surface area contributed by atoms with Gasteiger partial charge in [0.25, 0.3) is 5.91 Å². The summed E-state index contributed by atoms with van der Waals surface area (Å²) >= 11 is 11.9. The summed E-state index contributed by atoms with van der Waals surface area (Å²) in [5.74, 6) is -0.896. The number of carbonyl (C=O) groups is 2. The summed E-state index contributed by atoms with van der Waals surface area (Å²) in [4.78, 5) is 27.7. The van der Waals surface area contributed by atoms with Gasteiger partial charge in [0.15, 0.2) is 0 Å². The Morgan fingerprint density at radius 2 is 1.89 bits per heavy atom. The minimum absolute atomic E-state index is 0.0916. The van der Waals surface area contributed by atoms with E-state index < -0.39 is 24.7 Å². The van der Waals surface area contributed by atoms with Gasteiger partial charge in [-0.05, 0) is 25.5 Å². The lowest BCUT2D eigenvalue weighted by atomic mass is 10.2. The van der Waals surface area contributed by atoms with Crippen molar-refractivity contribution in [3.05, 3.63) is 33.8 Å². The maximum Gasteiger partial charge on any atom is 0.401 e. The van der Waals surface area contributed by atoms with Crippen LogP contribution in [0.25, 0.3) is 0 Å². The second-order valence-electron chi connectivity index (χ2n) is 6.37. The van der Waals surface area contributed by atoms with Gasteiger partial charge in [0, 0.05) is 26.2 Å². The number of alkyl halides is 3. The Bertz CT molecular complexity index is 700. The van der Waals surface area contributed by atoms with E-state index in [9.17, 15) is 22.8 Å². The van der Waals surface area contributed by atoms with Crippen molar-refractivity contribution in [3.8, 4) is 0 Å². The zero-order valence-electron chi connectivity index (χ0n) is 14.7. The van der Waals surface area contributed by atoms with E-state index in [-0.39, 0.29) is 41.2 Å². The van der Waals surface area contributed by atoms with Gasteiger partial charge in [-0.2, -0.15) is 13.2 Å². The molecular weight excluding hydrogens is 406 g/mol. The van der Waals surface area contributed by atoms with Crippen molar-refractivity contribution in [1.82, 2.24) is 15.1 Å². The highest BCUT2D eigenvalue weighted by Crippen LogP contribution is 2.25. The maximum atomic E-state index is 12.6. The predicted octanol–water partition coefficient (Wildman–Crippen LogP) is 3.21. The molecule has 10 heteroatoms. The molecule has 1 saturated heterocycles. The number of hydrogen-bond donors (Lipinski definition) is 1. The molecule has 2 amide bonds. The van der Waals surface area contributed by atoms with E-state index in [0.29, 0.717) is 13.0 Å². The molecule has 1 aliphatic heterocycles. The van der Waals surface area contributed by atoms with Gasteiger partial charge >= 0.3 is 6.18 Å². The summed E-state index contributed by atoms with van der Waals surface area (Å²) in [6.45, 7) is 1.44. The normalized spacial score (nSPS) is 17.3. The van der Waals surface area contributed by atoms with Crippen LogP contribution < -0.4 is 5.32 Å². The third-order valence-electron chi connectivity index (χ3n) is 4.22. The number of hydrogen-bond acceptors (Lipinski definition) is 3. The van der Waals surface area contributed by atoms with Gasteiger partial charge in [0.1, 0.15) is 6.04 Å². The Kier molecular flexibility index (Phi) is 7.36. The SMILES string of the molecule is CC(NC(=O)c1cccc(Cl)c1Cl)C(=O)N1CCCN(CC(F)(F)F)CC1. The number of nitrogens with one attached hydrogen (secondary N) is 1. The fourth-order valence-corrected chi connectivity index (χ4v) is 3.28. The molecule has 150 valence electrons. The largest absolute Gasteiger partial charge is 0.401 e. The van der Waals surface area contributed by atoms with Gasteiger partial charge in [-0.1, -0.05) is 29.3 Å². The van der Waals surface area contributed by atoms with E-state index in [1.807, 2.05) is 0 Å². The van der Waals surface area contributed by atoms with Gasteiger partial charge < -0.3 is 10.2 Å². The van der Waals surface area contributed by atoms with Crippen LogP contribution in [-0.2, 0) is 4.79 Å². The first-order valence-electron chi connectivity index (χ1n) is 8.41. The highest BCUT2D eigenvalue weighted by atomic mass is 35.5. The van der Waals surface area contributed by atoms with Gasteiger partial charge in [0.2, 0.25) is 5.91 Å². The molecule has 0 spiro atoms. The van der Waals surface area contributed by atoms with Crippen molar-refractivity contribution in [2.45, 2.75) is 25.6 Å². The summed E-state index contributed by atoms with van der Waals surface area (Å²) in [5, 5.41) is 2.88. The molecule has 0 radical (unpaired) electrons. The lowest BCUT2D eigenvalue weighted by Crippen LogP contribution is -2.48. The molecule has 1 fully saturated rings. The Hall–Kier alpha value is -1.51. The van der Waals surface area contributed by atoms with Crippen molar-refractivity contribution in [2.75, 3.05) is 32.7 Å². The van der Waals surface area contributed by atoms with E-state index in [1.54, 1.807) is 12.1 Å². The molecule has 1 unspecified atom stereocenters. The van der Waals surface area contributed by atoms with Gasteiger partial charge in [-0.3, -0.25) is 14.5 Å². The summed E-state index contributed by atoms with van der Waals surface area (Å²) in [7, 11) is 0. The van der Waals surface area contributed by atoms with Crippen LogP contribution in [0.4, 0.5) is 13.2 Å². The van der Waals surface area contributed by atoms with Crippen LogP contribution in [0.3, 0.4) is 0 Å². The Balaban J connectivity index is 1.94. The molecular formula is C17H20Cl2F3N3O2. The maximum absolute atomic E-state index is 12.6. The Morgan fingerprint density at radius 1 is 1.19 bits per heavy atom. The molecule has 27 heavy (non-hydrogen) atoms. The Morgan fingerprint density at radius 3 is 2.56 bits per heavy atom. The molecule has 1 aromatic rings. The van der Waals surface area contributed by atoms with Crippen LogP contribution in [-0.4, -0.2) is 66.6 Å². The van der Waals surface area contributed by atoms with E-state index in [0.717, 1.165) is 0 Å².